The molecule has 0 saturated carbocycles. The first-order valence-electron chi connectivity index (χ1n) is 12.0. The zero-order valence-corrected chi connectivity index (χ0v) is 19.1. The number of ether oxygens (including phenoxy) is 1. The van der Waals surface area contributed by atoms with Gasteiger partial charge in [0.25, 0.3) is 0 Å². The van der Waals surface area contributed by atoms with Crippen LogP contribution in [0.3, 0.4) is 0 Å². The molecule has 0 aliphatic heterocycles. The zero-order valence-electron chi connectivity index (χ0n) is 19.1. The van der Waals surface area contributed by atoms with Gasteiger partial charge in [-0.05, 0) is 17.5 Å². The lowest BCUT2D eigenvalue weighted by molar-refractivity contribution is -0.142. The van der Waals surface area contributed by atoms with E-state index >= 15 is 0 Å². The quantitative estimate of drug-likeness (QED) is 0.182. The first-order chi connectivity index (χ1) is 14.2. The largest absolute Gasteiger partial charge is 0.469 e. The van der Waals surface area contributed by atoms with Crippen LogP contribution in [0.15, 0.2) is 30.8 Å². The molecule has 0 aromatic heterocycles. The highest BCUT2D eigenvalue weighted by atomic mass is 16.5. The van der Waals surface area contributed by atoms with Gasteiger partial charge in [0.05, 0.1) is 13.0 Å². The maximum absolute atomic E-state index is 12.2. The first-order valence-corrected chi connectivity index (χ1v) is 12.0. The molecule has 2 nitrogen and oxygen atoms in total. The van der Waals surface area contributed by atoms with Gasteiger partial charge in [-0.15, -0.1) is 0 Å². The summed E-state index contributed by atoms with van der Waals surface area (Å²) in [5.74, 6) is -0.262. The Kier molecular flexibility index (Phi) is 15.2. The molecule has 1 aromatic carbocycles. The molecule has 29 heavy (non-hydrogen) atoms. The van der Waals surface area contributed by atoms with Gasteiger partial charge < -0.3 is 4.74 Å². The van der Waals surface area contributed by atoms with Crippen LogP contribution in [-0.2, 0) is 9.53 Å². The van der Waals surface area contributed by atoms with E-state index in [0.29, 0.717) is 0 Å². The van der Waals surface area contributed by atoms with Crippen molar-refractivity contribution in [3.8, 4) is 0 Å². The minimum absolute atomic E-state index is 0.119. The van der Waals surface area contributed by atoms with E-state index in [1.807, 2.05) is 30.3 Å². The van der Waals surface area contributed by atoms with E-state index in [4.69, 9.17) is 4.74 Å². The fourth-order valence-corrected chi connectivity index (χ4v) is 3.97. The lowest BCUT2D eigenvalue weighted by Crippen LogP contribution is -2.14. The predicted octanol–water partition coefficient (Wildman–Crippen LogP) is 8.46. The lowest BCUT2D eigenvalue weighted by atomic mass is 9.92. The van der Waals surface area contributed by atoms with Crippen molar-refractivity contribution in [2.45, 2.75) is 109 Å². The maximum atomic E-state index is 12.2. The Hall–Kier alpha value is -1.57. The molecular formula is C27H44O2. The summed E-state index contributed by atoms with van der Waals surface area (Å²) in [4.78, 5) is 12.2. The Morgan fingerprint density at radius 2 is 1.28 bits per heavy atom. The van der Waals surface area contributed by atoms with Crippen LogP contribution in [0.2, 0.25) is 0 Å². The Morgan fingerprint density at radius 1 is 0.828 bits per heavy atom. The van der Waals surface area contributed by atoms with Crippen molar-refractivity contribution < 1.29 is 9.53 Å². The third-order valence-electron chi connectivity index (χ3n) is 5.91. The molecule has 0 fully saturated rings. The van der Waals surface area contributed by atoms with Crippen molar-refractivity contribution in [1.29, 1.82) is 0 Å². The molecule has 0 amide bonds. The fourth-order valence-electron chi connectivity index (χ4n) is 3.97. The second kappa shape index (κ2) is 17.3. The van der Waals surface area contributed by atoms with Crippen LogP contribution in [0, 0.1) is 0 Å². The number of rotatable bonds is 18. The van der Waals surface area contributed by atoms with E-state index in [1.54, 1.807) is 0 Å². The zero-order chi connectivity index (χ0) is 21.2. The van der Waals surface area contributed by atoms with Crippen molar-refractivity contribution in [2.75, 3.05) is 7.11 Å². The Labute approximate surface area is 180 Å². The molecule has 0 aliphatic rings. The van der Waals surface area contributed by atoms with Crippen LogP contribution in [-0.4, -0.2) is 13.1 Å². The molecule has 1 unspecified atom stereocenters. The molecule has 0 spiro atoms. The molecule has 0 heterocycles. The molecule has 0 N–H and O–H groups in total. The SMILES string of the molecule is C=Cc1ccc(C(CCCCCCCCCCCCCCCC)C(=O)OC)cc1. The summed E-state index contributed by atoms with van der Waals surface area (Å²) in [5.41, 5.74) is 2.13. The van der Waals surface area contributed by atoms with E-state index in [1.165, 1.54) is 90.6 Å². The molecule has 1 aromatic rings. The first kappa shape index (κ1) is 25.5. The number of carbonyl (C=O) groups excluding carboxylic acids is 1. The minimum Gasteiger partial charge on any atom is -0.469 e. The highest BCUT2D eigenvalue weighted by Gasteiger charge is 2.20. The van der Waals surface area contributed by atoms with Gasteiger partial charge in [0.1, 0.15) is 0 Å². The van der Waals surface area contributed by atoms with Gasteiger partial charge in [-0.2, -0.15) is 0 Å². The summed E-state index contributed by atoms with van der Waals surface area (Å²) in [5, 5.41) is 0. The van der Waals surface area contributed by atoms with Crippen LogP contribution in [0.5, 0.6) is 0 Å². The van der Waals surface area contributed by atoms with Crippen LogP contribution in [0.4, 0.5) is 0 Å². The highest BCUT2D eigenvalue weighted by molar-refractivity contribution is 5.78. The molecular weight excluding hydrogens is 356 g/mol. The topological polar surface area (TPSA) is 26.3 Å². The average Bonchev–Trinajstić information content (AvgIpc) is 2.76. The average molecular weight is 401 g/mol. The number of benzene rings is 1. The molecule has 0 aliphatic carbocycles. The standard InChI is InChI=1S/C27H44O2/c1-4-6-7-8-9-10-11-12-13-14-15-16-17-18-19-26(27(28)29-3)25-22-20-24(5-2)21-23-25/h5,20-23,26H,2,4,6-19H2,1,3H3. The third kappa shape index (κ3) is 11.9. The van der Waals surface area contributed by atoms with E-state index in [-0.39, 0.29) is 11.9 Å². The number of methoxy groups -OCH3 is 1. The third-order valence-corrected chi connectivity index (χ3v) is 5.91. The Morgan fingerprint density at radius 3 is 1.69 bits per heavy atom. The predicted molar refractivity (Wildman–Crippen MR) is 126 cm³/mol. The number of carbonyl (C=O) groups is 1. The van der Waals surface area contributed by atoms with Crippen LogP contribution in [0.1, 0.15) is 120 Å². The van der Waals surface area contributed by atoms with E-state index in [0.717, 1.165) is 24.0 Å². The molecule has 1 atom stereocenters. The van der Waals surface area contributed by atoms with Crippen LogP contribution >= 0.6 is 0 Å². The maximum Gasteiger partial charge on any atom is 0.313 e. The van der Waals surface area contributed by atoms with Crippen molar-refractivity contribution in [3.05, 3.63) is 42.0 Å². The Balaban J connectivity index is 2.09. The summed E-state index contributed by atoms with van der Waals surface area (Å²) >= 11 is 0. The van der Waals surface area contributed by atoms with E-state index in [2.05, 4.69) is 13.5 Å². The fraction of sp³-hybridized carbons (Fsp3) is 0.667. The molecule has 2 heteroatoms. The van der Waals surface area contributed by atoms with E-state index in [9.17, 15) is 4.79 Å². The van der Waals surface area contributed by atoms with Gasteiger partial charge in [0, 0.05) is 0 Å². The summed E-state index contributed by atoms with van der Waals surface area (Å²) in [6, 6.07) is 8.10. The molecule has 0 bridgehead atoms. The smallest absolute Gasteiger partial charge is 0.313 e. The van der Waals surface area contributed by atoms with Crippen molar-refractivity contribution in [3.63, 3.8) is 0 Å². The van der Waals surface area contributed by atoms with Gasteiger partial charge in [0.15, 0.2) is 0 Å². The summed E-state index contributed by atoms with van der Waals surface area (Å²) in [7, 11) is 1.48. The minimum atomic E-state index is -0.142. The van der Waals surface area contributed by atoms with Gasteiger partial charge in [-0.25, -0.2) is 0 Å². The van der Waals surface area contributed by atoms with Crippen LogP contribution in [0.25, 0.3) is 6.08 Å². The number of esters is 1. The Bertz CT molecular complexity index is 532. The normalized spacial score (nSPS) is 11.9. The second-order valence-corrected chi connectivity index (χ2v) is 8.33. The molecule has 164 valence electrons. The summed E-state index contributed by atoms with van der Waals surface area (Å²) < 4.78 is 5.03. The number of unbranched alkanes of at least 4 members (excludes halogenated alkanes) is 13. The van der Waals surface area contributed by atoms with Gasteiger partial charge in [-0.3, -0.25) is 4.79 Å². The van der Waals surface area contributed by atoms with Crippen molar-refractivity contribution >= 4 is 12.0 Å². The van der Waals surface area contributed by atoms with Crippen molar-refractivity contribution in [2.24, 2.45) is 0 Å². The summed E-state index contributed by atoms with van der Waals surface area (Å²) in [6.07, 6.45) is 21.6. The van der Waals surface area contributed by atoms with Gasteiger partial charge in [-0.1, -0.05) is 134 Å². The monoisotopic (exact) mass is 400 g/mol. The summed E-state index contributed by atoms with van der Waals surface area (Å²) in [6.45, 7) is 6.06. The van der Waals surface area contributed by atoms with E-state index < -0.39 is 0 Å². The second-order valence-electron chi connectivity index (χ2n) is 8.33. The number of hydrogen-bond donors (Lipinski definition) is 0. The molecule has 0 saturated heterocycles. The number of hydrogen-bond acceptors (Lipinski definition) is 2. The van der Waals surface area contributed by atoms with Crippen LogP contribution < -0.4 is 0 Å². The van der Waals surface area contributed by atoms with Gasteiger partial charge in [0.2, 0.25) is 0 Å². The van der Waals surface area contributed by atoms with Crippen molar-refractivity contribution in [1.82, 2.24) is 0 Å². The highest BCUT2D eigenvalue weighted by Crippen LogP contribution is 2.25. The molecule has 1 rings (SSSR count). The van der Waals surface area contributed by atoms with Gasteiger partial charge >= 0.3 is 5.97 Å². The molecule has 0 radical (unpaired) electrons. The lowest BCUT2D eigenvalue weighted by Gasteiger charge is -2.15.